The molecule has 1 heterocycles. The smallest absolute Gasteiger partial charge is 0.0453 e. The van der Waals surface area contributed by atoms with Gasteiger partial charge in [-0.15, -0.1) is 11.3 Å². The number of rotatable bonds is 4. The van der Waals surface area contributed by atoms with Crippen molar-refractivity contribution >= 4 is 38.9 Å². The van der Waals surface area contributed by atoms with E-state index in [0.29, 0.717) is 6.04 Å². The number of thiophene rings is 1. The van der Waals surface area contributed by atoms with Crippen LogP contribution in [0.1, 0.15) is 36.4 Å². The van der Waals surface area contributed by atoms with Gasteiger partial charge in [0.2, 0.25) is 0 Å². The molecule has 4 heteroatoms. The third-order valence-electron chi connectivity index (χ3n) is 2.91. The fraction of sp³-hybridized carbons (Fsp3) is 0.286. The highest BCUT2D eigenvalue weighted by molar-refractivity contribution is 9.10. The molecule has 0 aliphatic heterocycles. The van der Waals surface area contributed by atoms with Crippen molar-refractivity contribution in [3.63, 3.8) is 0 Å². The van der Waals surface area contributed by atoms with Crippen LogP contribution in [-0.4, -0.2) is 0 Å². The molecule has 0 spiro atoms. The molecule has 1 aromatic heterocycles. The molecular weight excluding hydrogens is 330 g/mol. The molecule has 0 amide bonds. The molecule has 2 aromatic rings. The molecule has 0 fully saturated rings. The van der Waals surface area contributed by atoms with Gasteiger partial charge >= 0.3 is 0 Å². The van der Waals surface area contributed by atoms with E-state index in [1.807, 2.05) is 18.2 Å². The molecule has 1 unspecified atom stereocenters. The van der Waals surface area contributed by atoms with Crippen LogP contribution in [0, 0.1) is 0 Å². The summed E-state index contributed by atoms with van der Waals surface area (Å²) in [5.74, 6) is 0. The van der Waals surface area contributed by atoms with Crippen molar-refractivity contribution < 1.29 is 0 Å². The molecule has 2 atom stereocenters. The Morgan fingerprint density at radius 1 is 1.17 bits per heavy atom. The molecule has 0 saturated heterocycles. The zero-order valence-corrected chi connectivity index (χ0v) is 13.4. The lowest BCUT2D eigenvalue weighted by Crippen LogP contribution is -2.22. The van der Waals surface area contributed by atoms with E-state index in [9.17, 15) is 0 Å². The van der Waals surface area contributed by atoms with E-state index in [-0.39, 0.29) is 6.04 Å². The van der Waals surface area contributed by atoms with Gasteiger partial charge < -0.3 is 5.32 Å². The summed E-state index contributed by atoms with van der Waals surface area (Å²) in [5, 5.41) is 6.49. The molecule has 1 aromatic carbocycles. The highest BCUT2D eigenvalue weighted by atomic mass is 79.9. The van der Waals surface area contributed by atoms with E-state index in [1.54, 1.807) is 11.3 Å². The van der Waals surface area contributed by atoms with Gasteiger partial charge in [-0.25, -0.2) is 0 Å². The summed E-state index contributed by atoms with van der Waals surface area (Å²) in [5.41, 5.74) is 1.14. The Hall–Kier alpha value is -0.350. The van der Waals surface area contributed by atoms with Crippen molar-refractivity contribution in [1.82, 2.24) is 5.32 Å². The second kappa shape index (κ2) is 6.20. The molecule has 0 aliphatic rings. The minimum atomic E-state index is 0.225. The standard InChI is InChI=1S/C14H15BrClNS/c1-9(11-5-3-4-6-13(11)16)17-10(2)14-12(15)7-8-18-14/h3-10,17H,1-2H3/t9-,10?/m1/s1. The molecule has 96 valence electrons. The van der Waals surface area contributed by atoms with Gasteiger partial charge in [0.1, 0.15) is 0 Å². The van der Waals surface area contributed by atoms with Crippen LogP contribution in [-0.2, 0) is 0 Å². The Morgan fingerprint density at radius 3 is 2.50 bits per heavy atom. The first-order valence-corrected chi connectivity index (χ1v) is 7.88. The first kappa shape index (κ1) is 14.1. The second-order valence-electron chi connectivity index (χ2n) is 4.26. The Morgan fingerprint density at radius 2 is 1.89 bits per heavy atom. The summed E-state index contributed by atoms with van der Waals surface area (Å²) >= 11 is 11.5. The Labute approximate surface area is 125 Å². The van der Waals surface area contributed by atoms with Crippen LogP contribution < -0.4 is 5.32 Å². The maximum absolute atomic E-state index is 6.21. The first-order chi connectivity index (χ1) is 8.59. The van der Waals surface area contributed by atoms with Gasteiger partial charge in [-0.3, -0.25) is 0 Å². The molecule has 0 aliphatic carbocycles. The molecule has 0 bridgehead atoms. The summed E-state index contributed by atoms with van der Waals surface area (Å²) < 4.78 is 1.17. The summed E-state index contributed by atoms with van der Waals surface area (Å²) in [7, 11) is 0. The molecule has 18 heavy (non-hydrogen) atoms. The topological polar surface area (TPSA) is 12.0 Å². The molecular formula is C14H15BrClNS. The average molecular weight is 345 g/mol. The lowest BCUT2D eigenvalue weighted by Gasteiger charge is -2.20. The van der Waals surface area contributed by atoms with E-state index in [0.717, 1.165) is 10.6 Å². The van der Waals surface area contributed by atoms with Crippen LogP contribution >= 0.6 is 38.9 Å². The van der Waals surface area contributed by atoms with E-state index in [2.05, 4.69) is 52.6 Å². The van der Waals surface area contributed by atoms with Crippen LogP contribution in [0.3, 0.4) is 0 Å². The monoisotopic (exact) mass is 343 g/mol. The van der Waals surface area contributed by atoms with Gasteiger partial charge in [-0.1, -0.05) is 29.8 Å². The SMILES string of the molecule is CC(N[C@H](C)c1ccccc1Cl)c1sccc1Br. The van der Waals surface area contributed by atoms with Gasteiger partial charge in [0, 0.05) is 26.5 Å². The predicted molar refractivity (Wildman–Crippen MR) is 83.4 cm³/mol. The number of benzene rings is 1. The Balaban J connectivity index is 2.11. The normalized spacial score (nSPS) is 14.4. The Kier molecular flexibility index (Phi) is 4.84. The molecule has 2 rings (SSSR count). The fourth-order valence-corrected chi connectivity index (χ4v) is 4.01. The fourth-order valence-electron chi connectivity index (χ4n) is 1.98. The summed E-state index contributed by atoms with van der Waals surface area (Å²) in [6.07, 6.45) is 0. The minimum Gasteiger partial charge on any atom is -0.303 e. The summed E-state index contributed by atoms with van der Waals surface area (Å²) in [6.45, 7) is 4.31. The van der Waals surface area contributed by atoms with E-state index >= 15 is 0 Å². The number of halogens is 2. The van der Waals surface area contributed by atoms with Gasteiger partial charge in [-0.2, -0.15) is 0 Å². The number of nitrogens with one attached hydrogen (secondary N) is 1. The van der Waals surface area contributed by atoms with Crippen molar-refractivity contribution in [3.05, 3.63) is 55.6 Å². The summed E-state index contributed by atoms with van der Waals surface area (Å²) in [4.78, 5) is 1.31. The maximum atomic E-state index is 6.21. The van der Waals surface area contributed by atoms with E-state index < -0.39 is 0 Å². The summed E-state index contributed by atoms with van der Waals surface area (Å²) in [6, 6.07) is 10.6. The van der Waals surface area contributed by atoms with E-state index in [1.165, 1.54) is 9.35 Å². The van der Waals surface area contributed by atoms with E-state index in [4.69, 9.17) is 11.6 Å². The van der Waals surface area contributed by atoms with Crippen LogP contribution in [0.5, 0.6) is 0 Å². The molecule has 0 radical (unpaired) electrons. The lowest BCUT2D eigenvalue weighted by molar-refractivity contribution is 0.499. The highest BCUT2D eigenvalue weighted by Gasteiger charge is 2.15. The predicted octanol–water partition coefficient (Wildman–Crippen LogP) is 5.58. The lowest BCUT2D eigenvalue weighted by atomic mass is 10.1. The van der Waals surface area contributed by atoms with Crippen LogP contribution in [0.25, 0.3) is 0 Å². The zero-order chi connectivity index (χ0) is 13.1. The van der Waals surface area contributed by atoms with Crippen LogP contribution in [0.15, 0.2) is 40.2 Å². The van der Waals surface area contributed by atoms with Crippen LogP contribution in [0.2, 0.25) is 5.02 Å². The van der Waals surface area contributed by atoms with Crippen molar-refractivity contribution in [2.24, 2.45) is 0 Å². The first-order valence-electron chi connectivity index (χ1n) is 5.83. The average Bonchev–Trinajstić information content (AvgIpc) is 2.76. The quantitative estimate of drug-likeness (QED) is 0.764. The van der Waals surface area contributed by atoms with Crippen molar-refractivity contribution in [2.75, 3.05) is 0 Å². The molecule has 0 saturated carbocycles. The van der Waals surface area contributed by atoms with Crippen molar-refractivity contribution in [2.45, 2.75) is 25.9 Å². The molecule has 1 nitrogen and oxygen atoms in total. The van der Waals surface area contributed by atoms with Gasteiger partial charge in [0.15, 0.2) is 0 Å². The van der Waals surface area contributed by atoms with Gasteiger partial charge in [0.05, 0.1) is 0 Å². The second-order valence-corrected chi connectivity index (χ2v) is 6.47. The molecule has 1 N–H and O–H groups in total. The van der Waals surface area contributed by atoms with Gasteiger partial charge in [-0.05, 0) is 52.9 Å². The highest BCUT2D eigenvalue weighted by Crippen LogP contribution is 2.31. The maximum Gasteiger partial charge on any atom is 0.0453 e. The third-order valence-corrected chi connectivity index (χ3v) is 5.31. The van der Waals surface area contributed by atoms with Crippen LogP contribution in [0.4, 0.5) is 0 Å². The third kappa shape index (κ3) is 3.15. The minimum absolute atomic E-state index is 0.225. The Bertz CT molecular complexity index is 526. The number of hydrogen-bond acceptors (Lipinski definition) is 2. The zero-order valence-electron chi connectivity index (χ0n) is 10.3. The largest absolute Gasteiger partial charge is 0.303 e. The van der Waals surface area contributed by atoms with Crippen molar-refractivity contribution in [3.8, 4) is 0 Å². The number of hydrogen-bond donors (Lipinski definition) is 1. The van der Waals surface area contributed by atoms with Crippen molar-refractivity contribution in [1.29, 1.82) is 0 Å². The van der Waals surface area contributed by atoms with Gasteiger partial charge in [0.25, 0.3) is 0 Å².